The van der Waals surface area contributed by atoms with Crippen LogP contribution in [0.15, 0.2) is 47.6 Å². The van der Waals surface area contributed by atoms with Crippen LogP contribution in [0.3, 0.4) is 0 Å². The van der Waals surface area contributed by atoms with Gasteiger partial charge in [-0.05, 0) is 50.5 Å². The van der Waals surface area contributed by atoms with E-state index in [9.17, 15) is 19.7 Å². The third-order valence-electron chi connectivity index (χ3n) is 5.54. The summed E-state index contributed by atoms with van der Waals surface area (Å²) in [6.45, 7) is 3.36. The minimum absolute atomic E-state index is 0.0669. The van der Waals surface area contributed by atoms with Crippen LogP contribution in [-0.4, -0.2) is 22.4 Å². The van der Waals surface area contributed by atoms with Gasteiger partial charge < -0.3 is 5.32 Å². The first-order valence-corrected chi connectivity index (χ1v) is 10.4. The number of nitro groups is 1. The van der Waals surface area contributed by atoms with Gasteiger partial charge in [0.15, 0.2) is 0 Å². The van der Waals surface area contributed by atoms with Crippen LogP contribution in [0.2, 0.25) is 0 Å². The van der Waals surface area contributed by atoms with Crippen molar-refractivity contribution in [2.24, 2.45) is 11.0 Å². The molecule has 0 spiro atoms. The van der Waals surface area contributed by atoms with Gasteiger partial charge in [0.25, 0.3) is 11.6 Å². The number of benzene rings is 2. The van der Waals surface area contributed by atoms with Crippen LogP contribution >= 0.6 is 0 Å². The largest absolute Gasteiger partial charge is 0.326 e. The lowest BCUT2D eigenvalue weighted by atomic mass is 9.88. The molecule has 1 aliphatic carbocycles. The lowest BCUT2D eigenvalue weighted by Crippen LogP contribution is -2.24. The van der Waals surface area contributed by atoms with E-state index in [4.69, 9.17) is 0 Å². The number of carbonyl (C=O) groups is 2. The Balaban J connectivity index is 1.61. The van der Waals surface area contributed by atoms with Crippen LogP contribution in [0.25, 0.3) is 0 Å². The fraction of sp³-hybridized carbons (Fsp3) is 0.348. The summed E-state index contributed by atoms with van der Waals surface area (Å²) in [5.41, 5.74) is 5.04. The number of hydrogen-bond donors (Lipinski definition) is 2. The molecule has 2 amide bonds. The van der Waals surface area contributed by atoms with E-state index in [1.807, 2.05) is 12.1 Å². The quantitative estimate of drug-likeness (QED) is 0.403. The van der Waals surface area contributed by atoms with E-state index in [1.54, 1.807) is 26.0 Å². The van der Waals surface area contributed by atoms with Crippen molar-refractivity contribution in [1.29, 1.82) is 0 Å². The molecule has 1 saturated carbocycles. The molecule has 0 unspecified atom stereocenters. The topological polar surface area (TPSA) is 114 Å². The molecule has 8 heteroatoms. The maximum atomic E-state index is 12.4. The summed E-state index contributed by atoms with van der Waals surface area (Å²) < 4.78 is 0. The number of amides is 2. The Morgan fingerprint density at radius 2 is 1.68 bits per heavy atom. The molecule has 3 rings (SSSR count). The second kappa shape index (κ2) is 9.97. The van der Waals surface area contributed by atoms with Crippen molar-refractivity contribution in [3.8, 4) is 0 Å². The summed E-state index contributed by atoms with van der Waals surface area (Å²) in [6.07, 6.45) is 5.30. The first kappa shape index (κ1) is 22.1. The van der Waals surface area contributed by atoms with Crippen molar-refractivity contribution in [1.82, 2.24) is 5.43 Å². The molecule has 0 saturated heterocycles. The van der Waals surface area contributed by atoms with Crippen LogP contribution in [-0.2, 0) is 4.79 Å². The standard InChI is InChI=1S/C23H26N4O4/c1-15-8-9-19(14-21(15)27(30)31)23(29)26-25-16(2)17-10-12-20(13-11-17)24-22(28)18-6-4-3-5-7-18/h8-14,18H,3-7H2,1-2H3,(H,24,28)(H,26,29). The van der Waals surface area contributed by atoms with Crippen LogP contribution < -0.4 is 10.7 Å². The Hall–Kier alpha value is -3.55. The Kier molecular flexibility index (Phi) is 7.12. The van der Waals surface area contributed by atoms with Gasteiger partial charge in [0.05, 0.1) is 10.6 Å². The van der Waals surface area contributed by atoms with E-state index in [2.05, 4.69) is 15.8 Å². The number of hydrazone groups is 1. The van der Waals surface area contributed by atoms with Gasteiger partial charge >= 0.3 is 0 Å². The molecule has 0 heterocycles. The fourth-order valence-electron chi connectivity index (χ4n) is 3.61. The number of nitrogens with zero attached hydrogens (tertiary/aromatic N) is 2. The zero-order valence-electron chi connectivity index (χ0n) is 17.7. The number of nitrogens with one attached hydrogen (secondary N) is 2. The number of hydrogen-bond acceptors (Lipinski definition) is 5. The normalized spacial score (nSPS) is 14.7. The number of anilines is 1. The van der Waals surface area contributed by atoms with E-state index >= 15 is 0 Å². The van der Waals surface area contributed by atoms with Crippen LogP contribution in [0, 0.1) is 23.0 Å². The average Bonchev–Trinajstić information content (AvgIpc) is 2.78. The van der Waals surface area contributed by atoms with E-state index in [0.29, 0.717) is 11.3 Å². The summed E-state index contributed by atoms with van der Waals surface area (Å²) in [7, 11) is 0. The van der Waals surface area contributed by atoms with Crippen molar-refractivity contribution < 1.29 is 14.5 Å². The highest BCUT2D eigenvalue weighted by atomic mass is 16.6. The molecule has 8 nitrogen and oxygen atoms in total. The SMILES string of the molecule is CC(=NNC(=O)c1ccc(C)c([N+](=O)[O-])c1)c1ccc(NC(=O)C2CCCCC2)cc1. The van der Waals surface area contributed by atoms with Crippen LogP contribution in [0.1, 0.15) is 60.5 Å². The number of carbonyl (C=O) groups excluding carboxylic acids is 2. The van der Waals surface area contributed by atoms with Crippen LogP contribution in [0.4, 0.5) is 11.4 Å². The van der Waals surface area contributed by atoms with E-state index in [-0.39, 0.29) is 23.1 Å². The molecule has 0 atom stereocenters. The molecular formula is C23H26N4O4. The van der Waals surface area contributed by atoms with Crippen molar-refractivity contribution in [3.05, 3.63) is 69.3 Å². The first-order chi connectivity index (χ1) is 14.8. The van der Waals surface area contributed by atoms with Gasteiger partial charge in [0.2, 0.25) is 5.91 Å². The molecule has 0 radical (unpaired) electrons. The summed E-state index contributed by atoms with van der Waals surface area (Å²) in [4.78, 5) is 35.2. The molecule has 0 aromatic heterocycles. The van der Waals surface area contributed by atoms with E-state index < -0.39 is 10.8 Å². The minimum atomic E-state index is -0.529. The molecule has 1 fully saturated rings. The first-order valence-electron chi connectivity index (χ1n) is 10.4. The van der Waals surface area contributed by atoms with Crippen molar-refractivity contribution >= 4 is 28.9 Å². The minimum Gasteiger partial charge on any atom is -0.326 e. The fourth-order valence-corrected chi connectivity index (χ4v) is 3.61. The molecule has 2 aromatic rings. The molecule has 2 aromatic carbocycles. The second-order valence-electron chi connectivity index (χ2n) is 7.80. The molecule has 1 aliphatic rings. The van der Waals surface area contributed by atoms with Crippen LogP contribution in [0.5, 0.6) is 0 Å². The Morgan fingerprint density at radius 3 is 2.32 bits per heavy atom. The molecule has 2 N–H and O–H groups in total. The lowest BCUT2D eigenvalue weighted by molar-refractivity contribution is -0.385. The molecular weight excluding hydrogens is 396 g/mol. The van der Waals surface area contributed by atoms with Crippen molar-refractivity contribution in [3.63, 3.8) is 0 Å². The number of rotatable bonds is 6. The second-order valence-corrected chi connectivity index (χ2v) is 7.80. The van der Waals surface area contributed by atoms with E-state index in [1.165, 1.54) is 24.6 Å². The predicted molar refractivity (Wildman–Crippen MR) is 119 cm³/mol. The highest BCUT2D eigenvalue weighted by molar-refractivity contribution is 6.01. The molecule has 0 bridgehead atoms. The summed E-state index contributed by atoms with van der Waals surface area (Å²) in [5.74, 6) is -0.374. The van der Waals surface area contributed by atoms with Crippen molar-refractivity contribution in [2.45, 2.75) is 46.0 Å². The Morgan fingerprint density at radius 1 is 1.03 bits per heavy atom. The zero-order chi connectivity index (χ0) is 22.4. The third-order valence-corrected chi connectivity index (χ3v) is 5.54. The smallest absolute Gasteiger partial charge is 0.273 e. The van der Waals surface area contributed by atoms with Gasteiger partial charge in [-0.25, -0.2) is 5.43 Å². The third kappa shape index (κ3) is 5.75. The van der Waals surface area contributed by atoms with Gasteiger partial charge in [0, 0.05) is 28.8 Å². The van der Waals surface area contributed by atoms with Gasteiger partial charge in [-0.1, -0.05) is 37.5 Å². The lowest BCUT2D eigenvalue weighted by Gasteiger charge is -2.20. The monoisotopic (exact) mass is 422 g/mol. The van der Waals surface area contributed by atoms with Crippen molar-refractivity contribution in [2.75, 3.05) is 5.32 Å². The summed E-state index contributed by atoms with van der Waals surface area (Å²) >= 11 is 0. The molecule has 31 heavy (non-hydrogen) atoms. The summed E-state index contributed by atoms with van der Waals surface area (Å²) in [5, 5.41) is 18.1. The Bertz CT molecular complexity index is 1010. The van der Waals surface area contributed by atoms with Gasteiger partial charge in [-0.3, -0.25) is 19.7 Å². The van der Waals surface area contributed by atoms with Gasteiger partial charge in [0.1, 0.15) is 0 Å². The zero-order valence-corrected chi connectivity index (χ0v) is 17.7. The maximum absolute atomic E-state index is 12.4. The highest BCUT2D eigenvalue weighted by Crippen LogP contribution is 2.25. The molecule has 0 aliphatic heterocycles. The highest BCUT2D eigenvalue weighted by Gasteiger charge is 2.21. The predicted octanol–water partition coefficient (Wildman–Crippen LogP) is 4.58. The maximum Gasteiger partial charge on any atom is 0.273 e. The molecule has 162 valence electrons. The average molecular weight is 422 g/mol. The van der Waals surface area contributed by atoms with E-state index in [0.717, 1.165) is 36.9 Å². The number of aryl methyl sites for hydroxylation is 1. The summed E-state index contributed by atoms with van der Waals surface area (Å²) in [6, 6.07) is 11.5. The Labute approximate surface area is 180 Å². The van der Waals surface area contributed by atoms with Gasteiger partial charge in [-0.2, -0.15) is 5.10 Å². The number of nitro benzene ring substituents is 1. The van der Waals surface area contributed by atoms with Gasteiger partial charge in [-0.15, -0.1) is 0 Å².